The van der Waals surface area contributed by atoms with Crippen LogP contribution in [0.3, 0.4) is 0 Å². The fourth-order valence-corrected chi connectivity index (χ4v) is 4.14. The molecule has 4 rings (SSSR count). The smallest absolute Gasteiger partial charge is 0.244 e. The molecule has 32 heavy (non-hydrogen) atoms. The van der Waals surface area contributed by atoms with Crippen LogP contribution in [0.2, 0.25) is 0 Å². The van der Waals surface area contributed by atoms with Crippen LogP contribution in [0.25, 0.3) is 10.8 Å². The minimum Gasteiger partial charge on any atom is -0.326 e. The lowest BCUT2D eigenvalue weighted by Gasteiger charge is -2.08. The van der Waals surface area contributed by atoms with E-state index >= 15 is 0 Å². The van der Waals surface area contributed by atoms with Gasteiger partial charge in [-0.2, -0.15) is 5.10 Å². The lowest BCUT2D eigenvalue weighted by molar-refractivity contribution is -0.120. The third kappa shape index (κ3) is 5.47. The Labute approximate surface area is 190 Å². The van der Waals surface area contributed by atoms with E-state index in [2.05, 4.69) is 15.8 Å². The number of hydrogen-bond donors (Lipinski definition) is 2. The van der Waals surface area contributed by atoms with E-state index in [0.717, 1.165) is 32.5 Å². The summed E-state index contributed by atoms with van der Waals surface area (Å²) < 4.78 is 0. The zero-order chi connectivity index (χ0) is 22.3. The first kappa shape index (κ1) is 21.5. The fraction of sp³-hybridized carbons (Fsp3) is 0.115. The van der Waals surface area contributed by atoms with Gasteiger partial charge < -0.3 is 5.32 Å². The van der Waals surface area contributed by atoms with Crippen molar-refractivity contribution < 1.29 is 9.59 Å². The van der Waals surface area contributed by atoms with Gasteiger partial charge in [-0.3, -0.25) is 9.59 Å². The van der Waals surface area contributed by atoms with Crippen molar-refractivity contribution >= 4 is 45.3 Å². The predicted octanol–water partition coefficient (Wildman–Crippen LogP) is 5.17. The van der Waals surface area contributed by atoms with Crippen LogP contribution in [0.4, 0.5) is 5.69 Å². The molecule has 0 fully saturated rings. The highest BCUT2D eigenvalue weighted by Gasteiger charge is 2.08. The SMILES string of the molecule is C/C(=N\NC(=O)Cc1cccc2ccccc12)c1ccc(NC(=O)Cc2cccs2)cc1. The van der Waals surface area contributed by atoms with Crippen LogP contribution in [0, 0.1) is 0 Å². The monoisotopic (exact) mass is 441 g/mol. The lowest BCUT2D eigenvalue weighted by Crippen LogP contribution is -2.21. The number of anilines is 1. The van der Waals surface area contributed by atoms with Crippen LogP contribution in [0.15, 0.2) is 89.3 Å². The molecule has 0 spiro atoms. The minimum absolute atomic E-state index is 0.0497. The summed E-state index contributed by atoms with van der Waals surface area (Å²) >= 11 is 1.57. The topological polar surface area (TPSA) is 70.6 Å². The Morgan fingerprint density at radius 1 is 0.844 bits per heavy atom. The Kier molecular flexibility index (Phi) is 6.72. The molecule has 0 radical (unpaired) electrons. The Morgan fingerprint density at radius 3 is 2.41 bits per heavy atom. The van der Waals surface area contributed by atoms with E-state index in [4.69, 9.17) is 0 Å². The highest BCUT2D eigenvalue weighted by molar-refractivity contribution is 7.10. The van der Waals surface area contributed by atoms with E-state index in [9.17, 15) is 9.59 Å². The molecule has 4 aromatic rings. The summed E-state index contributed by atoms with van der Waals surface area (Å²) in [6.45, 7) is 1.84. The van der Waals surface area contributed by atoms with Crippen molar-refractivity contribution in [2.45, 2.75) is 19.8 Å². The van der Waals surface area contributed by atoms with Gasteiger partial charge in [0.05, 0.1) is 18.6 Å². The number of thiophene rings is 1. The van der Waals surface area contributed by atoms with Crippen LogP contribution >= 0.6 is 11.3 Å². The summed E-state index contributed by atoms with van der Waals surface area (Å²) in [7, 11) is 0. The van der Waals surface area contributed by atoms with Crippen LogP contribution in [-0.4, -0.2) is 17.5 Å². The summed E-state index contributed by atoms with van der Waals surface area (Å²) in [5.74, 6) is -0.218. The molecule has 0 aliphatic carbocycles. The van der Waals surface area contributed by atoms with Gasteiger partial charge in [-0.05, 0) is 52.4 Å². The lowest BCUT2D eigenvalue weighted by atomic mass is 10.0. The average Bonchev–Trinajstić information content (AvgIpc) is 3.31. The molecule has 0 bridgehead atoms. The van der Waals surface area contributed by atoms with E-state index in [0.29, 0.717) is 12.1 Å². The van der Waals surface area contributed by atoms with Crippen molar-refractivity contribution in [2.75, 3.05) is 5.32 Å². The second-order valence-electron chi connectivity index (χ2n) is 7.43. The van der Waals surface area contributed by atoms with Crippen LogP contribution in [-0.2, 0) is 22.4 Å². The van der Waals surface area contributed by atoms with E-state index in [1.54, 1.807) is 11.3 Å². The molecule has 5 nitrogen and oxygen atoms in total. The van der Waals surface area contributed by atoms with Crippen LogP contribution in [0.5, 0.6) is 0 Å². The van der Waals surface area contributed by atoms with Crippen LogP contribution in [0.1, 0.15) is 22.9 Å². The Hall–Kier alpha value is -3.77. The molecule has 160 valence electrons. The molecular formula is C26H23N3O2S. The number of carbonyl (C=O) groups is 2. The van der Waals surface area contributed by atoms with Gasteiger partial charge in [0.2, 0.25) is 11.8 Å². The van der Waals surface area contributed by atoms with Gasteiger partial charge in [-0.1, -0.05) is 60.7 Å². The van der Waals surface area contributed by atoms with Crippen molar-refractivity contribution in [1.29, 1.82) is 0 Å². The van der Waals surface area contributed by atoms with Gasteiger partial charge in [0.15, 0.2) is 0 Å². The van der Waals surface area contributed by atoms with Gasteiger partial charge in [0.1, 0.15) is 0 Å². The van der Waals surface area contributed by atoms with Crippen molar-refractivity contribution in [2.24, 2.45) is 5.10 Å². The van der Waals surface area contributed by atoms with Gasteiger partial charge in [0.25, 0.3) is 0 Å². The highest BCUT2D eigenvalue weighted by atomic mass is 32.1. The molecule has 0 atom stereocenters. The zero-order valence-electron chi connectivity index (χ0n) is 17.7. The Bertz CT molecular complexity index is 1260. The number of nitrogens with one attached hydrogen (secondary N) is 2. The number of hydrogen-bond acceptors (Lipinski definition) is 4. The summed E-state index contributed by atoms with van der Waals surface area (Å²) in [4.78, 5) is 25.6. The first-order valence-electron chi connectivity index (χ1n) is 10.3. The number of rotatable bonds is 7. The molecule has 2 N–H and O–H groups in total. The molecule has 6 heteroatoms. The van der Waals surface area contributed by atoms with E-state index in [1.807, 2.05) is 91.2 Å². The molecule has 3 aromatic carbocycles. The van der Waals surface area contributed by atoms with E-state index in [1.165, 1.54) is 0 Å². The van der Waals surface area contributed by atoms with Gasteiger partial charge in [-0.15, -0.1) is 11.3 Å². The Morgan fingerprint density at radius 2 is 1.62 bits per heavy atom. The van der Waals surface area contributed by atoms with Crippen molar-refractivity contribution in [3.63, 3.8) is 0 Å². The maximum absolute atomic E-state index is 12.4. The molecule has 1 heterocycles. The normalized spacial score (nSPS) is 11.3. The summed E-state index contributed by atoms with van der Waals surface area (Å²) in [5.41, 5.74) is 5.89. The van der Waals surface area contributed by atoms with Crippen molar-refractivity contribution in [1.82, 2.24) is 5.43 Å². The Balaban J connectivity index is 1.34. The largest absolute Gasteiger partial charge is 0.326 e. The number of hydrazone groups is 1. The standard InChI is InChI=1S/C26H23N3O2S/c1-18(19-11-13-22(14-12-19)27-25(30)17-23-9-5-15-32-23)28-29-26(31)16-21-8-4-7-20-6-2-3-10-24(20)21/h2-15H,16-17H2,1H3,(H,27,30)(H,29,31)/b28-18+. The third-order valence-electron chi connectivity index (χ3n) is 5.08. The molecule has 1 aromatic heterocycles. The van der Waals surface area contributed by atoms with E-state index < -0.39 is 0 Å². The summed E-state index contributed by atoms with van der Waals surface area (Å²) in [5, 5.41) is 11.3. The van der Waals surface area contributed by atoms with E-state index in [-0.39, 0.29) is 18.2 Å². The molecule has 0 aliphatic rings. The first-order chi connectivity index (χ1) is 15.6. The maximum atomic E-state index is 12.4. The minimum atomic E-state index is -0.168. The zero-order valence-corrected chi connectivity index (χ0v) is 18.5. The number of amides is 2. The molecule has 2 amide bonds. The number of fused-ring (bicyclic) bond motifs is 1. The van der Waals surface area contributed by atoms with Gasteiger partial charge >= 0.3 is 0 Å². The first-order valence-corrected chi connectivity index (χ1v) is 11.2. The van der Waals surface area contributed by atoms with Crippen LogP contribution < -0.4 is 10.7 Å². The summed E-state index contributed by atoms with van der Waals surface area (Å²) in [6, 6.07) is 25.3. The van der Waals surface area contributed by atoms with Gasteiger partial charge in [0, 0.05) is 10.6 Å². The molecular weight excluding hydrogens is 418 g/mol. The fourth-order valence-electron chi connectivity index (χ4n) is 3.44. The molecule has 0 aliphatic heterocycles. The highest BCUT2D eigenvalue weighted by Crippen LogP contribution is 2.19. The second-order valence-corrected chi connectivity index (χ2v) is 8.46. The molecule has 0 unspecified atom stereocenters. The molecule has 0 saturated carbocycles. The van der Waals surface area contributed by atoms with Crippen molar-refractivity contribution in [3.8, 4) is 0 Å². The van der Waals surface area contributed by atoms with Crippen molar-refractivity contribution in [3.05, 3.63) is 100 Å². The number of nitrogens with zero attached hydrogens (tertiary/aromatic N) is 1. The second kappa shape index (κ2) is 10.0. The predicted molar refractivity (Wildman–Crippen MR) is 131 cm³/mol. The van der Waals surface area contributed by atoms with Gasteiger partial charge in [-0.25, -0.2) is 5.43 Å². The summed E-state index contributed by atoms with van der Waals surface area (Å²) in [6.07, 6.45) is 0.621. The number of benzene rings is 3. The third-order valence-corrected chi connectivity index (χ3v) is 5.96. The average molecular weight is 442 g/mol. The number of carbonyl (C=O) groups excluding carboxylic acids is 2. The maximum Gasteiger partial charge on any atom is 0.244 e. The molecule has 0 saturated heterocycles. The quantitative estimate of drug-likeness (QED) is 0.307.